The number of carbonyl (C=O) groups excluding carboxylic acids is 1. The Hall–Kier alpha value is -3.82. The number of aromatic nitrogens is 4. The molecular formula is C31H35N7O2. The third-order valence-corrected chi connectivity index (χ3v) is 8.23. The Kier molecular flexibility index (Phi) is 4.26. The summed E-state index contributed by atoms with van der Waals surface area (Å²) >= 11 is 0. The van der Waals surface area contributed by atoms with E-state index in [0.29, 0.717) is 83.2 Å². The molecular weight excluding hydrogens is 502 g/mol. The number of rotatable bonds is 6. The number of hydrogen-bond acceptors (Lipinski definition) is 7. The highest BCUT2D eigenvalue weighted by Gasteiger charge is 2.30. The van der Waals surface area contributed by atoms with Crippen molar-refractivity contribution in [2.75, 3.05) is 32.5 Å². The van der Waals surface area contributed by atoms with Crippen LogP contribution >= 0.6 is 0 Å². The summed E-state index contributed by atoms with van der Waals surface area (Å²) in [4.78, 5) is 27.8. The normalized spacial score (nSPS) is 21.2. The Morgan fingerprint density at radius 3 is 2.92 bits per heavy atom. The minimum Gasteiger partial charge on any atom is -0.381 e. The fraction of sp³-hybridized carbons (Fsp3) is 0.419. The number of hydrogen-bond donors (Lipinski definition) is 2. The van der Waals surface area contributed by atoms with Crippen molar-refractivity contribution < 1.29 is 21.9 Å². The molecule has 3 aliphatic rings. The van der Waals surface area contributed by atoms with Crippen LogP contribution in [0.5, 0.6) is 0 Å². The second kappa shape index (κ2) is 9.98. The number of anilines is 2. The average Bonchev–Trinajstić information content (AvgIpc) is 3.73. The Morgan fingerprint density at radius 2 is 2.08 bits per heavy atom. The molecule has 0 unspecified atom stereocenters. The van der Waals surface area contributed by atoms with Crippen molar-refractivity contribution in [3.63, 3.8) is 0 Å². The van der Waals surface area contributed by atoms with Crippen molar-refractivity contribution in [2.24, 2.45) is 6.98 Å². The van der Waals surface area contributed by atoms with Gasteiger partial charge in [-0.1, -0.05) is 6.07 Å². The molecule has 4 aromatic rings. The highest BCUT2D eigenvalue weighted by Crippen LogP contribution is 2.40. The van der Waals surface area contributed by atoms with Crippen LogP contribution < -0.4 is 10.6 Å². The molecule has 0 spiro atoms. The Morgan fingerprint density at radius 1 is 1.18 bits per heavy atom. The maximum Gasteiger partial charge on any atom is 0.254 e. The van der Waals surface area contributed by atoms with Crippen LogP contribution in [0.1, 0.15) is 76.0 Å². The molecule has 2 aliphatic heterocycles. The molecule has 9 nitrogen and oxygen atoms in total. The van der Waals surface area contributed by atoms with Crippen LogP contribution in [0.15, 0.2) is 30.6 Å². The lowest BCUT2D eigenvalue weighted by molar-refractivity contribution is 0.0849. The summed E-state index contributed by atoms with van der Waals surface area (Å²) in [6, 6.07) is 5.35. The van der Waals surface area contributed by atoms with Crippen molar-refractivity contribution in [3.05, 3.63) is 64.2 Å². The lowest BCUT2D eigenvalue weighted by Crippen LogP contribution is -2.20. The van der Waals surface area contributed by atoms with E-state index in [-0.39, 0.29) is 24.2 Å². The molecule has 7 rings (SSSR count). The maximum absolute atomic E-state index is 13.3. The lowest BCUT2D eigenvalue weighted by Gasteiger charge is -2.25. The molecule has 206 valence electrons. The van der Waals surface area contributed by atoms with Crippen LogP contribution in [-0.2, 0) is 37.6 Å². The van der Waals surface area contributed by atoms with E-state index in [4.69, 9.17) is 27.0 Å². The summed E-state index contributed by atoms with van der Waals surface area (Å²) in [5, 5.41) is 6.79. The average molecular weight is 547 g/mol. The van der Waals surface area contributed by atoms with Crippen molar-refractivity contribution in [3.8, 4) is 11.3 Å². The minimum atomic E-state index is -2.90. The van der Waals surface area contributed by atoms with Gasteiger partial charge < -0.3 is 24.8 Å². The van der Waals surface area contributed by atoms with Gasteiger partial charge in [0.15, 0.2) is 0 Å². The third kappa shape index (κ3) is 4.15. The van der Waals surface area contributed by atoms with E-state index in [2.05, 4.69) is 15.6 Å². The number of fused-ring (bicyclic) bond motifs is 4. The van der Waals surface area contributed by atoms with Crippen molar-refractivity contribution in [1.82, 2.24) is 29.7 Å². The number of amides is 1. The van der Waals surface area contributed by atoms with E-state index >= 15 is 0 Å². The summed E-state index contributed by atoms with van der Waals surface area (Å²) in [6.07, 6.45) is 6.64. The molecule has 1 saturated heterocycles. The zero-order valence-electron chi connectivity index (χ0n) is 30.9. The van der Waals surface area contributed by atoms with Crippen molar-refractivity contribution in [1.29, 1.82) is 0 Å². The maximum atomic E-state index is 13.3. The Bertz CT molecular complexity index is 1930. The van der Waals surface area contributed by atoms with Gasteiger partial charge in [0.1, 0.15) is 11.5 Å². The molecule has 40 heavy (non-hydrogen) atoms. The van der Waals surface area contributed by atoms with Gasteiger partial charge in [0.05, 0.1) is 28.8 Å². The first kappa shape index (κ1) is 17.1. The molecule has 9 heteroatoms. The monoisotopic (exact) mass is 546 g/mol. The molecule has 0 saturated carbocycles. The van der Waals surface area contributed by atoms with Gasteiger partial charge in [-0.2, -0.15) is 0 Å². The molecule has 1 aliphatic carbocycles. The van der Waals surface area contributed by atoms with Crippen LogP contribution in [-0.4, -0.2) is 57.5 Å². The van der Waals surface area contributed by atoms with E-state index in [9.17, 15) is 4.79 Å². The largest absolute Gasteiger partial charge is 0.381 e. The lowest BCUT2D eigenvalue weighted by atomic mass is 9.90. The number of ether oxygens (including phenoxy) is 1. The molecule has 0 radical (unpaired) electrons. The van der Waals surface area contributed by atoms with Gasteiger partial charge in [-0.05, 0) is 75.2 Å². The smallest absolute Gasteiger partial charge is 0.254 e. The zero-order chi connectivity index (χ0) is 34.9. The summed E-state index contributed by atoms with van der Waals surface area (Å²) in [6.45, 7) is -7.39. The van der Waals surface area contributed by atoms with Gasteiger partial charge in [0, 0.05) is 74.0 Å². The van der Waals surface area contributed by atoms with Crippen molar-refractivity contribution in [2.45, 2.75) is 51.1 Å². The zero-order valence-corrected chi connectivity index (χ0v) is 21.9. The highest BCUT2D eigenvalue weighted by molar-refractivity contribution is 6.07. The summed E-state index contributed by atoms with van der Waals surface area (Å²) in [5.41, 5.74) is 5.69. The molecule has 1 fully saturated rings. The Balaban J connectivity index is 1.30. The molecule has 0 atom stereocenters. The highest BCUT2D eigenvalue weighted by atomic mass is 16.5. The fourth-order valence-electron chi connectivity index (χ4n) is 6.43. The molecule has 2 N–H and O–H groups in total. The van der Waals surface area contributed by atoms with Crippen LogP contribution in [0, 0.1) is 0 Å². The standard InChI is InChI=1S/C31H35N7O2/c1-37(2)17-24-19(18-10-13-40-14-11-18)7-8-26(36-24)35-23-16-33-29(22-15-34-31(39)28(22)23)21-9-12-32-30-27(21)20-5-4-6-25(20)38(30)3/h7-9,12,16,18H,4-6,10-11,13-15,17H2,1-3H3,(H,34,39)(H,35,36)/i1D3,2D3,3D3. The second-order valence-corrected chi connectivity index (χ2v) is 10.6. The van der Waals surface area contributed by atoms with E-state index in [1.165, 1.54) is 10.8 Å². The SMILES string of the molecule is [2H]C([2H])([2H])N(Cc1nc(Nc2cnc(-c3ccnc4c3c3c(n4C([2H])([2H])[2H])CCC3)c3c2C(=O)NC3)ccc1C1CCOCC1)C([2H])([2H])[2H]. The van der Waals surface area contributed by atoms with Crippen molar-refractivity contribution >= 4 is 28.4 Å². The molecule has 0 bridgehead atoms. The molecule has 6 heterocycles. The number of aryl methyl sites for hydroxylation is 2. The fourth-order valence-corrected chi connectivity index (χ4v) is 6.43. The van der Waals surface area contributed by atoms with Gasteiger partial charge in [0.2, 0.25) is 0 Å². The van der Waals surface area contributed by atoms with E-state index < -0.39 is 27.5 Å². The first-order chi connectivity index (χ1) is 23.1. The van der Waals surface area contributed by atoms with Gasteiger partial charge >= 0.3 is 0 Å². The topological polar surface area (TPSA) is 97.2 Å². The van der Waals surface area contributed by atoms with E-state index in [0.717, 1.165) is 28.6 Å². The number of carbonyl (C=O) groups is 1. The quantitative estimate of drug-likeness (QED) is 0.369. The van der Waals surface area contributed by atoms with Crippen LogP contribution in [0.3, 0.4) is 0 Å². The van der Waals surface area contributed by atoms with Crippen LogP contribution in [0.25, 0.3) is 22.3 Å². The Labute approximate surface area is 246 Å². The minimum absolute atomic E-state index is 0.00940. The molecule has 0 aromatic carbocycles. The molecule has 1 amide bonds. The summed E-state index contributed by atoms with van der Waals surface area (Å²) < 4.78 is 78.9. The van der Waals surface area contributed by atoms with E-state index in [1.807, 2.05) is 6.07 Å². The second-order valence-electron chi connectivity index (χ2n) is 10.6. The van der Waals surface area contributed by atoms with Gasteiger partial charge in [-0.3, -0.25) is 9.78 Å². The first-order valence-corrected chi connectivity index (χ1v) is 13.6. The third-order valence-electron chi connectivity index (χ3n) is 8.23. The predicted octanol–water partition coefficient (Wildman–Crippen LogP) is 4.46. The van der Waals surface area contributed by atoms with Gasteiger partial charge in [-0.25, -0.2) is 9.97 Å². The predicted molar refractivity (Wildman–Crippen MR) is 155 cm³/mol. The number of nitrogens with one attached hydrogen (secondary N) is 2. The number of pyridine rings is 3. The molecule has 4 aromatic heterocycles. The van der Waals surface area contributed by atoms with Gasteiger partial charge in [0.25, 0.3) is 5.91 Å². The van der Waals surface area contributed by atoms with Crippen LogP contribution in [0.4, 0.5) is 11.5 Å². The van der Waals surface area contributed by atoms with E-state index in [1.54, 1.807) is 18.3 Å². The van der Waals surface area contributed by atoms with Gasteiger partial charge in [-0.15, -0.1) is 0 Å². The number of nitrogens with zero attached hydrogens (tertiary/aromatic N) is 5. The summed E-state index contributed by atoms with van der Waals surface area (Å²) in [7, 11) is 0. The summed E-state index contributed by atoms with van der Waals surface area (Å²) in [5.74, 6) is -0.0286. The van der Waals surface area contributed by atoms with Crippen LogP contribution in [0.2, 0.25) is 0 Å². The first-order valence-electron chi connectivity index (χ1n) is 18.1.